The summed E-state index contributed by atoms with van der Waals surface area (Å²) in [4.78, 5) is 0. The zero-order valence-electron chi connectivity index (χ0n) is 10.1. The predicted molar refractivity (Wildman–Crippen MR) is 67.8 cm³/mol. The highest BCUT2D eigenvalue weighted by atomic mass is 32.2. The summed E-state index contributed by atoms with van der Waals surface area (Å²) in [7, 11) is -3.22. The van der Waals surface area contributed by atoms with Gasteiger partial charge in [0.05, 0.1) is 11.5 Å². The molecule has 1 rings (SSSR count). The SMILES string of the molecule is CC(C)CCS(=O)(=O)Cc1cc(F)ccc1N. The van der Waals surface area contributed by atoms with Crippen molar-refractivity contribution < 1.29 is 12.8 Å². The van der Waals surface area contributed by atoms with Crippen LogP contribution in [0.2, 0.25) is 0 Å². The van der Waals surface area contributed by atoms with E-state index in [4.69, 9.17) is 5.73 Å². The van der Waals surface area contributed by atoms with Crippen molar-refractivity contribution in [3.8, 4) is 0 Å². The molecule has 17 heavy (non-hydrogen) atoms. The minimum Gasteiger partial charge on any atom is -0.398 e. The van der Waals surface area contributed by atoms with E-state index in [1.165, 1.54) is 18.2 Å². The highest BCUT2D eigenvalue weighted by Gasteiger charge is 2.15. The molecule has 0 saturated carbocycles. The van der Waals surface area contributed by atoms with Crippen molar-refractivity contribution in [1.29, 1.82) is 0 Å². The largest absolute Gasteiger partial charge is 0.398 e. The van der Waals surface area contributed by atoms with Crippen molar-refractivity contribution in [2.24, 2.45) is 5.92 Å². The topological polar surface area (TPSA) is 60.2 Å². The van der Waals surface area contributed by atoms with E-state index in [-0.39, 0.29) is 11.5 Å². The number of hydrogen-bond acceptors (Lipinski definition) is 3. The van der Waals surface area contributed by atoms with Crippen LogP contribution in [0.25, 0.3) is 0 Å². The molecule has 0 spiro atoms. The Morgan fingerprint density at radius 1 is 1.35 bits per heavy atom. The molecule has 1 aromatic carbocycles. The number of hydrogen-bond donors (Lipinski definition) is 1. The fraction of sp³-hybridized carbons (Fsp3) is 0.500. The lowest BCUT2D eigenvalue weighted by Gasteiger charge is -2.08. The number of sulfone groups is 1. The molecule has 0 heterocycles. The Hall–Kier alpha value is -1.10. The first kappa shape index (κ1) is 14.0. The van der Waals surface area contributed by atoms with Gasteiger partial charge in [0.25, 0.3) is 0 Å². The van der Waals surface area contributed by atoms with Crippen LogP contribution in [0.5, 0.6) is 0 Å². The van der Waals surface area contributed by atoms with Gasteiger partial charge in [-0.1, -0.05) is 13.8 Å². The van der Waals surface area contributed by atoms with Gasteiger partial charge in [-0.2, -0.15) is 0 Å². The molecular formula is C12H18FNO2S. The van der Waals surface area contributed by atoms with Crippen molar-refractivity contribution in [2.75, 3.05) is 11.5 Å². The number of benzene rings is 1. The van der Waals surface area contributed by atoms with E-state index in [9.17, 15) is 12.8 Å². The molecule has 0 radical (unpaired) electrons. The van der Waals surface area contributed by atoms with Crippen LogP contribution in [0.4, 0.5) is 10.1 Å². The molecule has 3 nitrogen and oxygen atoms in total. The zero-order chi connectivity index (χ0) is 13.1. The van der Waals surface area contributed by atoms with Gasteiger partial charge in [-0.15, -0.1) is 0 Å². The molecule has 0 atom stereocenters. The molecule has 0 aromatic heterocycles. The van der Waals surface area contributed by atoms with E-state index in [0.717, 1.165) is 0 Å². The number of nitrogen functional groups attached to an aromatic ring is 1. The van der Waals surface area contributed by atoms with Gasteiger partial charge in [-0.05, 0) is 36.1 Å². The van der Waals surface area contributed by atoms with Gasteiger partial charge in [-0.25, -0.2) is 12.8 Å². The molecule has 2 N–H and O–H groups in total. The Kier molecular flexibility index (Phi) is 4.51. The molecule has 0 aliphatic heterocycles. The maximum atomic E-state index is 13.0. The van der Waals surface area contributed by atoms with Crippen LogP contribution in [-0.2, 0) is 15.6 Å². The molecule has 0 bridgehead atoms. The fourth-order valence-corrected chi connectivity index (χ4v) is 3.12. The van der Waals surface area contributed by atoms with Crippen molar-refractivity contribution in [1.82, 2.24) is 0 Å². The molecule has 5 heteroatoms. The smallest absolute Gasteiger partial charge is 0.154 e. The van der Waals surface area contributed by atoms with Crippen molar-refractivity contribution in [2.45, 2.75) is 26.0 Å². The Labute approximate surface area is 102 Å². The molecule has 0 aliphatic rings. The minimum absolute atomic E-state index is 0.112. The maximum Gasteiger partial charge on any atom is 0.154 e. The second kappa shape index (κ2) is 5.49. The summed E-state index contributed by atoms with van der Waals surface area (Å²) in [5.41, 5.74) is 6.28. The first-order valence-electron chi connectivity index (χ1n) is 5.54. The highest BCUT2D eigenvalue weighted by Crippen LogP contribution is 2.17. The Morgan fingerprint density at radius 2 is 2.00 bits per heavy atom. The summed E-state index contributed by atoms with van der Waals surface area (Å²) in [6.45, 7) is 3.93. The number of anilines is 1. The summed E-state index contributed by atoms with van der Waals surface area (Å²) in [5, 5.41) is 0. The van der Waals surface area contributed by atoms with Gasteiger partial charge >= 0.3 is 0 Å². The van der Waals surface area contributed by atoms with Crippen molar-refractivity contribution in [3.63, 3.8) is 0 Å². The first-order chi connectivity index (χ1) is 7.80. The second-order valence-electron chi connectivity index (χ2n) is 4.62. The Morgan fingerprint density at radius 3 is 2.59 bits per heavy atom. The van der Waals surface area contributed by atoms with Crippen LogP contribution in [0.3, 0.4) is 0 Å². The number of nitrogens with two attached hydrogens (primary N) is 1. The quantitative estimate of drug-likeness (QED) is 0.826. The standard InChI is InChI=1S/C12H18FNO2S/c1-9(2)5-6-17(15,16)8-10-7-11(13)3-4-12(10)14/h3-4,7,9H,5-6,8,14H2,1-2H3. The summed E-state index contributed by atoms with van der Waals surface area (Å²) in [5.74, 6) is -0.216. The summed E-state index contributed by atoms with van der Waals surface area (Å²) in [6.07, 6.45) is 0.609. The third-order valence-electron chi connectivity index (χ3n) is 2.49. The summed E-state index contributed by atoms with van der Waals surface area (Å²) < 4.78 is 36.6. The molecule has 1 aromatic rings. The van der Waals surface area contributed by atoms with Crippen molar-refractivity contribution in [3.05, 3.63) is 29.6 Å². The molecule has 0 amide bonds. The lowest BCUT2D eigenvalue weighted by molar-refractivity contribution is 0.573. The third kappa shape index (κ3) is 4.73. The van der Waals surface area contributed by atoms with Gasteiger partial charge in [0.1, 0.15) is 5.82 Å². The summed E-state index contributed by atoms with van der Waals surface area (Å²) >= 11 is 0. The van der Waals surface area contributed by atoms with Gasteiger partial charge in [0.2, 0.25) is 0 Å². The van der Waals surface area contributed by atoms with Crippen LogP contribution in [0, 0.1) is 11.7 Å². The Bertz CT molecular complexity index is 483. The zero-order valence-corrected chi connectivity index (χ0v) is 10.9. The number of rotatable bonds is 5. The second-order valence-corrected chi connectivity index (χ2v) is 6.80. The van der Waals surface area contributed by atoms with Gasteiger partial charge in [-0.3, -0.25) is 0 Å². The lowest BCUT2D eigenvalue weighted by Crippen LogP contribution is -2.12. The summed E-state index contributed by atoms with van der Waals surface area (Å²) in [6, 6.07) is 3.80. The average Bonchev–Trinajstić information content (AvgIpc) is 2.20. The van der Waals surface area contributed by atoms with Crippen LogP contribution < -0.4 is 5.73 Å². The highest BCUT2D eigenvalue weighted by molar-refractivity contribution is 7.90. The molecule has 0 unspecified atom stereocenters. The average molecular weight is 259 g/mol. The molecule has 0 saturated heterocycles. The monoisotopic (exact) mass is 259 g/mol. The molecule has 0 aliphatic carbocycles. The lowest BCUT2D eigenvalue weighted by atomic mass is 10.2. The first-order valence-corrected chi connectivity index (χ1v) is 7.36. The Balaban J connectivity index is 2.79. The van der Waals surface area contributed by atoms with E-state index in [0.29, 0.717) is 23.6 Å². The van der Waals surface area contributed by atoms with E-state index < -0.39 is 15.7 Å². The maximum absolute atomic E-state index is 13.0. The molecule has 0 fully saturated rings. The molecule has 96 valence electrons. The van der Waals surface area contributed by atoms with Gasteiger partial charge < -0.3 is 5.73 Å². The van der Waals surface area contributed by atoms with Crippen molar-refractivity contribution >= 4 is 15.5 Å². The fourth-order valence-electron chi connectivity index (χ4n) is 1.42. The normalized spacial score (nSPS) is 12.0. The van der Waals surface area contributed by atoms with E-state index in [1.54, 1.807) is 0 Å². The van der Waals surface area contributed by atoms with E-state index in [2.05, 4.69) is 0 Å². The third-order valence-corrected chi connectivity index (χ3v) is 4.10. The van der Waals surface area contributed by atoms with Crippen LogP contribution in [-0.4, -0.2) is 14.2 Å². The van der Waals surface area contributed by atoms with E-state index >= 15 is 0 Å². The minimum atomic E-state index is -3.22. The van der Waals surface area contributed by atoms with Gasteiger partial charge in [0, 0.05) is 5.69 Å². The predicted octanol–water partition coefficient (Wildman–Crippen LogP) is 2.37. The van der Waals surface area contributed by atoms with Crippen LogP contribution in [0.1, 0.15) is 25.8 Å². The van der Waals surface area contributed by atoms with Crippen LogP contribution >= 0.6 is 0 Å². The number of halogens is 1. The van der Waals surface area contributed by atoms with E-state index in [1.807, 2.05) is 13.8 Å². The molecular weight excluding hydrogens is 241 g/mol. The van der Waals surface area contributed by atoms with Gasteiger partial charge in [0.15, 0.2) is 9.84 Å². The van der Waals surface area contributed by atoms with Crippen LogP contribution in [0.15, 0.2) is 18.2 Å².